The maximum atomic E-state index is 12.3. The highest BCUT2D eigenvalue weighted by molar-refractivity contribution is 5.73. The van der Waals surface area contributed by atoms with Crippen molar-refractivity contribution in [3.63, 3.8) is 0 Å². The number of nitrogens with zero attached hydrogens (tertiary/aromatic N) is 3. The van der Waals surface area contributed by atoms with Gasteiger partial charge in [0, 0.05) is 12.4 Å². The van der Waals surface area contributed by atoms with Crippen LogP contribution < -0.4 is 5.73 Å². The summed E-state index contributed by atoms with van der Waals surface area (Å²) in [6, 6.07) is 3.48. The Hall–Kier alpha value is -2.32. The highest BCUT2D eigenvalue weighted by Crippen LogP contribution is 2.28. The summed E-state index contributed by atoms with van der Waals surface area (Å²) < 4.78 is 10.8. The van der Waals surface area contributed by atoms with E-state index in [0.717, 1.165) is 0 Å². The van der Waals surface area contributed by atoms with Crippen LogP contribution in [0, 0.1) is 5.92 Å². The van der Waals surface area contributed by atoms with Crippen LogP contribution in [0.3, 0.4) is 0 Å². The Morgan fingerprint density at radius 2 is 2.17 bits per heavy atom. The number of rotatable bonds is 6. The number of carbonyl (C=O) groups excluding carboxylic acids is 1. The molecule has 8 nitrogen and oxygen atoms in total. The summed E-state index contributed by atoms with van der Waals surface area (Å²) in [6.07, 6.45) is 2.13. The van der Waals surface area contributed by atoms with Crippen molar-refractivity contribution >= 4 is 5.97 Å². The molecule has 2 atom stereocenters. The lowest BCUT2D eigenvalue weighted by Gasteiger charge is -2.25. The Bertz CT molecular complexity index is 666. The van der Waals surface area contributed by atoms with Gasteiger partial charge in [0.2, 0.25) is 11.8 Å². The fourth-order valence-electron chi connectivity index (χ4n) is 2.09. The molecule has 130 valence electrons. The van der Waals surface area contributed by atoms with E-state index in [1.54, 1.807) is 45.3 Å². The monoisotopic (exact) mass is 334 g/mol. The molecule has 0 aliphatic heterocycles. The van der Waals surface area contributed by atoms with Crippen molar-refractivity contribution in [3.8, 4) is 11.5 Å². The lowest BCUT2D eigenvalue weighted by Crippen LogP contribution is -2.33. The quantitative estimate of drug-likeness (QED) is 0.761. The summed E-state index contributed by atoms with van der Waals surface area (Å²) >= 11 is 0. The SMILES string of the molecule is CC(C)(C)OC(=O)C(CCN)C(O)c1nnc(-c2cccnc2)o1. The average molecular weight is 334 g/mol. The predicted molar refractivity (Wildman–Crippen MR) is 85.5 cm³/mol. The van der Waals surface area contributed by atoms with E-state index in [1.807, 2.05) is 0 Å². The molecule has 3 N–H and O–H groups in total. The number of esters is 1. The zero-order valence-corrected chi connectivity index (χ0v) is 14.0. The van der Waals surface area contributed by atoms with Crippen LogP contribution in [0.4, 0.5) is 0 Å². The predicted octanol–water partition coefficient (Wildman–Crippen LogP) is 1.47. The topological polar surface area (TPSA) is 124 Å². The summed E-state index contributed by atoms with van der Waals surface area (Å²) in [6.45, 7) is 5.47. The van der Waals surface area contributed by atoms with Crippen LogP contribution in [0.5, 0.6) is 0 Å². The van der Waals surface area contributed by atoms with Gasteiger partial charge in [-0.05, 0) is 45.9 Å². The Morgan fingerprint density at radius 3 is 2.75 bits per heavy atom. The second kappa shape index (κ2) is 7.50. The Kier molecular flexibility index (Phi) is 5.63. The van der Waals surface area contributed by atoms with Crippen LogP contribution in [0.15, 0.2) is 28.9 Å². The van der Waals surface area contributed by atoms with Gasteiger partial charge in [0.1, 0.15) is 11.7 Å². The zero-order chi connectivity index (χ0) is 17.7. The molecule has 0 aromatic carbocycles. The van der Waals surface area contributed by atoms with Crippen molar-refractivity contribution in [1.29, 1.82) is 0 Å². The molecule has 0 amide bonds. The number of aromatic nitrogens is 3. The number of ether oxygens (including phenoxy) is 1. The van der Waals surface area contributed by atoms with Gasteiger partial charge in [0.25, 0.3) is 0 Å². The van der Waals surface area contributed by atoms with Gasteiger partial charge in [-0.2, -0.15) is 0 Å². The van der Waals surface area contributed by atoms with Gasteiger partial charge in [-0.3, -0.25) is 9.78 Å². The molecule has 0 aliphatic carbocycles. The standard InChI is InChI=1S/C16H22N4O4/c1-16(2,3)24-15(22)11(6-7-17)12(21)14-20-19-13(23-14)10-5-4-8-18-9-10/h4-5,8-9,11-12,21H,6-7,17H2,1-3H3. The van der Waals surface area contributed by atoms with E-state index in [-0.39, 0.29) is 24.7 Å². The third-order valence-corrected chi connectivity index (χ3v) is 3.17. The van der Waals surface area contributed by atoms with E-state index < -0.39 is 23.6 Å². The molecule has 0 saturated carbocycles. The van der Waals surface area contributed by atoms with Gasteiger partial charge < -0.3 is 20.0 Å². The molecular weight excluding hydrogens is 312 g/mol. The minimum Gasteiger partial charge on any atom is -0.460 e. The van der Waals surface area contributed by atoms with Crippen LogP contribution >= 0.6 is 0 Å². The Labute approximate surface area is 140 Å². The lowest BCUT2D eigenvalue weighted by molar-refractivity contribution is -0.165. The van der Waals surface area contributed by atoms with Crippen LogP contribution in [0.25, 0.3) is 11.5 Å². The van der Waals surface area contributed by atoms with Crippen molar-refractivity contribution < 1.29 is 19.1 Å². The summed E-state index contributed by atoms with van der Waals surface area (Å²) in [4.78, 5) is 16.3. The molecule has 2 rings (SSSR count). The molecule has 8 heteroatoms. The summed E-state index contributed by atoms with van der Waals surface area (Å²) in [7, 11) is 0. The normalized spacial score (nSPS) is 14.2. The lowest BCUT2D eigenvalue weighted by atomic mass is 9.98. The van der Waals surface area contributed by atoms with E-state index in [4.69, 9.17) is 14.9 Å². The molecular formula is C16H22N4O4. The molecule has 0 bridgehead atoms. The van der Waals surface area contributed by atoms with Crippen LogP contribution in [-0.4, -0.2) is 38.4 Å². The fraction of sp³-hybridized carbons (Fsp3) is 0.500. The highest BCUT2D eigenvalue weighted by Gasteiger charge is 2.34. The maximum absolute atomic E-state index is 12.3. The Balaban J connectivity index is 2.19. The van der Waals surface area contributed by atoms with Gasteiger partial charge >= 0.3 is 5.97 Å². The smallest absolute Gasteiger partial charge is 0.312 e. The number of aliphatic hydroxyl groups excluding tert-OH is 1. The van der Waals surface area contributed by atoms with Gasteiger partial charge in [0.05, 0.1) is 11.5 Å². The molecule has 0 spiro atoms. The molecule has 2 heterocycles. The number of aliphatic hydroxyl groups is 1. The number of nitrogens with two attached hydrogens (primary N) is 1. The molecule has 2 aromatic heterocycles. The van der Waals surface area contributed by atoms with Gasteiger partial charge in [-0.1, -0.05) is 0 Å². The molecule has 2 aromatic rings. The first-order chi connectivity index (χ1) is 11.3. The Morgan fingerprint density at radius 1 is 1.42 bits per heavy atom. The van der Waals surface area contributed by atoms with Crippen molar-refractivity contribution in [2.45, 2.75) is 38.9 Å². The third-order valence-electron chi connectivity index (χ3n) is 3.17. The highest BCUT2D eigenvalue weighted by atomic mass is 16.6. The van der Waals surface area contributed by atoms with Gasteiger partial charge in [-0.25, -0.2) is 0 Å². The second-order valence-corrected chi connectivity index (χ2v) is 6.35. The minimum atomic E-state index is -1.29. The average Bonchev–Trinajstić information content (AvgIpc) is 3.01. The van der Waals surface area contributed by atoms with Gasteiger partial charge in [-0.15, -0.1) is 10.2 Å². The summed E-state index contributed by atoms with van der Waals surface area (Å²) in [5, 5.41) is 18.2. The van der Waals surface area contributed by atoms with Crippen molar-refractivity contribution in [2.75, 3.05) is 6.54 Å². The number of hydrogen-bond acceptors (Lipinski definition) is 8. The van der Waals surface area contributed by atoms with Crippen molar-refractivity contribution in [2.24, 2.45) is 11.7 Å². The second-order valence-electron chi connectivity index (χ2n) is 6.35. The van der Waals surface area contributed by atoms with E-state index in [2.05, 4.69) is 15.2 Å². The first kappa shape index (κ1) is 18.0. The first-order valence-corrected chi connectivity index (χ1v) is 7.66. The molecule has 24 heavy (non-hydrogen) atoms. The number of hydrogen-bond donors (Lipinski definition) is 2. The molecule has 0 fully saturated rings. The van der Waals surface area contributed by atoms with Crippen LogP contribution in [0.2, 0.25) is 0 Å². The summed E-state index contributed by atoms with van der Waals surface area (Å²) in [5.41, 5.74) is 5.50. The number of pyridine rings is 1. The van der Waals surface area contributed by atoms with Crippen LogP contribution in [0.1, 0.15) is 39.2 Å². The zero-order valence-electron chi connectivity index (χ0n) is 14.0. The molecule has 0 saturated heterocycles. The van der Waals surface area contributed by atoms with Gasteiger partial charge in [0.15, 0.2) is 0 Å². The van der Waals surface area contributed by atoms with E-state index in [9.17, 15) is 9.90 Å². The van der Waals surface area contributed by atoms with Crippen molar-refractivity contribution in [3.05, 3.63) is 30.4 Å². The van der Waals surface area contributed by atoms with Crippen LogP contribution in [-0.2, 0) is 9.53 Å². The van der Waals surface area contributed by atoms with E-state index in [1.165, 1.54) is 0 Å². The molecule has 0 radical (unpaired) electrons. The fourth-order valence-corrected chi connectivity index (χ4v) is 2.09. The maximum Gasteiger partial charge on any atom is 0.312 e. The molecule has 0 aliphatic rings. The van der Waals surface area contributed by atoms with E-state index >= 15 is 0 Å². The van der Waals surface area contributed by atoms with Crippen molar-refractivity contribution in [1.82, 2.24) is 15.2 Å². The van der Waals surface area contributed by atoms with E-state index in [0.29, 0.717) is 5.56 Å². The minimum absolute atomic E-state index is 0.0573. The molecule has 2 unspecified atom stereocenters. The number of carbonyl (C=O) groups is 1. The third kappa shape index (κ3) is 4.59. The summed E-state index contributed by atoms with van der Waals surface area (Å²) in [5.74, 6) is -1.27. The largest absolute Gasteiger partial charge is 0.460 e. The first-order valence-electron chi connectivity index (χ1n) is 7.66.